The zero-order valence-electron chi connectivity index (χ0n) is 19.8. The van der Waals surface area contributed by atoms with Crippen LogP contribution in [-0.4, -0.2) is 39.9 Å². The van der Waals surface area contributed by atoms with Gasteiger partial charge >= 0.3 is 0 Å². The van der Waals surface area contributed by atoms with Gasteiger partial charge in [-0.15, -0.1) is 0 Å². The molecule has 1 aromatic heterocycles. The number of rotatable bonds is 4. The molecule has 2 N–H and O–H groups in total. The average Bonchev–Trinajstić information content (AvgIpc) is 3.41. The highest BCUT2D eigenvalue weighted by Crippen LogP contribution is 2.49. The molecule has 3 heterocycles. The van der Waals surface area contributed by atoms with Crippen molar-refractivity contribution < 1.29 is 4.74 Å². The van der Waals surface area contributed by atoms with Gasteiger partial charge in [0.2, 0.25) is 0 Å². The van der Waals surface area contributed by atoms with Crippen LogP contribution in [0.15, 0.2) is 65.2 Å². The smallest absolute Gasteiger partial charge is 0.104 e. The first-order chi connectivity index (χ1) is 15.3. The quantitative estimate of drug-likeness (QED) is 0.727. The van der Waals surface area contributed by atoms with Crippen molar-refractivity contribution in [3.63, 3.8) is 0 Å². The minimum absolute atomic E-state index is 0.103. The number of aromatic nitrogens is 2. The largest absolute Gasteiger partial charge is 0.492 e. The number of likely N-dealkylation sites (tertiary alicyclic amines) is 1. The van der Waals surface area contributed by atoms with Gasteiger partial charge in [0.25, 0.3) is 0 Å². The Morgan fingerprint density at radius 2 is 1.78 bits per heavy atom. The van der Waals surface area contributed by atoms with Crippen LogP contribution < -0.4 is 5.73 Å². The molecule has 1 aliphatic carbocycles. The maximum absolute atomic E-state index is 6.70. The van der Waals surface area contributed by atoms with E-state index in [0.29, 0.717) is 17.9 Å². The van der Waals surface area contributed by atoms with E-state index in [9.17, 15) is 0 Å². The van der Waals surface area contributed by atoms with Crippen LogP contribution in [0.25, 0.3) is 11.3 Å². The van der Waals surface area contributed by atoms with Crippen molar-refractivity contribution in [1.82, 2.24) is 14.7 Å². The summed E-state index contributed by atoms with van der Waals surface area (Å²) in [6.07, 6.45) is 5.44. The topological polar surface area (TPSA) is 56.3 Å². The number of piperidine rings is 1. The van der Waals surface area contributed by atoms with E-state index in [1.54, 1.807) is 0 Å². The predicted molar refractivity (Wildman–Crippen MR) is 129 cm³/mol. The van der Waals surface area contributed by atoms with E-state index in [0.717, 1.165) is 50.3 Å². The number of allylic oxidation sites excluding steroid dienone is 3. The van der Waals surface area contributed by atoms with Crippen molar-refractivity contribution in [3.05, 3.63) is 65.2 Å². The van der Waals surface area contributed by atoms with Gasteiger partial charge in [-0.25, -0.2) is 0 Å². The van der Waals surface area contributed by atoms with Crippen LogP contribution in [0.3, 0.4) is 0 Å². The molecule has 1 aromatic carbocycles. The van der Waals surface area contributed by atoms with E-state index in [-0.39, 0.29) is 5.60 Å². The molecule has 5 heteroatoms. The zero-order chi connectivity index (χ0) is 22.5. The fourth-order valence-corrected chi connectivity index (χ4v) is 5.79. The molecule has 2 unspecified atom stereocenters. The summed E-state index contributed by atoms with van der Waals surface area (Å²) >= 11 is 0. The van der Waals surface area contributed by atoms with Crippen molar-refractivity contribution >= 4 is 0 Å². The molecule has 32 heavy (non-hydrogen) atoms. The molecule has 0 bridgehead atoms. The standard InChI is InChI=1S/C27H36N4O/c1-18-19(2)26-22(16-27(3,4)32-26)23(25(18)28)17-30-13-10-21(11-14-30)31-15-12-24(29-31)20-8-6-5-7-9-20/h5-9,12,15,21-23H,10-11,13-14,16-17,28H2,1-4H3. The second kappa shape index (κ2) is 8.11. The van der Waals surface area contributed by atoms with Crippen molar-refractivity contribution in [2.45, 2.75) is 58.6 Å². The van der Waals surface area contributed by atoms with Gasteiger partial charge in [0.1, 0.15) is 11.4 Å². The average molecular weight is 433 g/mol. The van der Waals surface area contributed by atoms with Crippen LogP contribution >= 0.6 is 0 Å². The summed E-state index contributed by atoms with van der Waals surface area (Å²) in [7, 11) is 0. The van der Waals surface area contributed by atoms with E-state index in [1.807, 2.05) is 6.07 Å². The number of ether oxygens (including phenoxy) is 1. The lowest BCUT2D eigenvalue weighted by Gasteiger charge is -2.38. The SMILES string of the molecule is CC1=C(N)C(CN2CCC(n3ccc(-c4ccccc4)n3)CC2)C2CC(C)(C)OC2=C1C. The molecular weight excluding hydrogens is 396 g/mol. The highest BCUT2D eigenvalue weighted by atomic mass is 16.5. The third-order valence-corrected chi connectivity index (χ3v) is 7.75. The monoisotopic (exact) mass is 432 g/mol. The van der Waals surface area contributed by atoms with E-state index >= 15 is 0 Å². The Bertz CT molecular complexity index is 1040. The summed E-state index contributed by atoms with van der Waals surface area (Å²) in [4.78, 5) is 2.60. The number of hydrogen-bond donors (Lipinski definition) is 1. The molecule has 2 fully saturated rings. The minimum Gasteiger partial charge on any atom is -0.492 e. The van der Waals surface area contributed by atoms with E-state index in [4.69, 9.17) is 15.6 Å². The van der Waals surface area contributed by atoms with Crippen LogP contribution in [0.4, 0.5) is 0 Å². The van der Waals surface area contributed by atoms with Gasteiger partial charge in [-0.2, -0.15) is 5.10 Å². The van der Waals surface area contributed by atoms with E-state index in [2.05, 4.69) is 73.8 Å². The van der Waals surface area contributed by atoms with Crippen LogP contribution in [0.1, 0.15) is 53.0 Å². The number of fused-ring (bicyclic) bond motifs is 1. The third-order valence-electron chi connectivity index (χ3n) is 7.75. The molecule has 0 amide bonds. The maximum atomic E-state index is 6.70. The van der Waals surface area contributed by atoms with Crippen molar-refractivity contribution in [3.8, 4) is 11.3 Å². The van der Waals surface area contributed by atoms with Crippen LogP contribution in [0.5, 0.6) is 0 Å². The summed E-state index contributed by atoms with van der Waals surface area (Å²) in [6.45, 7) is 11.9. The van der Waals surface area contributed by atoms with Gasteiger partial charge in [0.05, 0.1) is 11.7 Å². The number of nitrogens with two attached hydrogens (primary N) is 1. The molecule has 2 saturated heterocycles. The number of benzene rings is 1. The molecule has 0 saturated carbocycles. The Labute approximate surface area is 191 Å². The van der Waals surface area contributed by atoms with Crippen molar-refractivity contribution in [1.29, 1.82) is 0 Å². The van der Waals surface area contributed by atoms with Crippen molar-refractivity contribution in [2.75, 3.05) is 19.6 Å². The van der Waals surface area contributed by atoms with Crippen LogP contribution in [0, 0.1) is 11.8 Å². The zero-order valence-corrected chi connectivity index (χ0v) is 19.8. The van der Waals surface area contributed by atoms with Crippen LogP contribution in [0.2, 0.25) is 0 Å². The minimum atomic E-state index is -0.103. The second-order valence-corrected chi connectivity index (χ2v) is 10.4. The summed E-state index contributed by atoms with van der Waals surface area (Å²) < 4.78 is 8.55. The Hall–Kier alpha value is -2.53. The Balaban J connectivity index is 1.24. The van der Waals surface area contributed by atoms with Gasteiger partial charge < -0.3 is 15.4 Å². The lowest BCUT2D eigenvalue weighted by molar-refractivity contribution is 0.0749. The Morgan fingerprint density at radius 3 is 2.50 bits per heavy atom. The van der Waals surface area contributed by atoms with Gasteiger partial charge in [0, 0.05) is 48.9 Å². The fraction of sp³-hybridized carbons (Fsp3) is 0.519. The number of hydrogen-bond acceptors (Lipinski definition) is 4. The first kappa shape index (κ1) is 21.3. The van der Waals surface area contributed by atoms with Crippen molar-refractivity contribution in [2.24, 2.45) is 17.6 Å². The third kappa shape index (κ3) is 3.88. The Morgan fingerprint density at radius 1 is 1.06 bits per heavy atom. The first-order valence-electron chi connectivity index (χ1n) is 12.0. The molecular formula is C27H36N4O. The van der Waals surface area contributed by atoms with Gasteiger partial charge in [-0.3, -0.25) is 4.68 Å². The molecule has 5 nitrogen and oxygen atoms in total. The molecule has 2 aliphatic heterocycles. The first-order valence-corrected chi connectivity index (χ1v) is 12.0. The molecule has 0 radical (unpaired) electrons. The number of nitrogens with zero attached hydrogens (tertiary/aromatic N) is 3. The predicted octanol–water partition coefficient (Wildman–Crippen LogP) is 5.14. The molecule has 3 aliphatic rings. The highest BCUT2D eigenvalue weighted by Gasteiger charge is 2.46. The normalized spacial score (nSPS) is 26.4. The molecule has 2 atom stereocenters. The van der Waals surface area contributed by atoms with E-state index in [1.165, 1.54) is 22.5 Å². The summed E-state index contributed by atoms with van der Waals surface area (Å²) in [5, 5.41) is 4.88. The second-order valence-electron chi connectivity index (χ2n) is 10.4. The summed E-state index contributed by atoms with van der Waals surface area (Å²) in [6, 6.07) is 13.0. The van der Waals surface area contributed by atoms with Gasteiger partial charge in [-0.05, 0) is 64.2 Å². The summed E-state index contributed by atoms with van der Waals surface area (Å²) in [5.41, 5.74) is 12.4. The molecule has 5 rings (SSSR count). The summed E-state index contributed by atoms with van der Waals surface area (Å²) in [5.74, 6) is 1.94. The van der Waals surface area contributed by atoms with E-state index < -0.39 is 0 Å². The lowest BCUT2D eigenvalue weighted by atomic mass is 9.76. The Kier molecular flexibility index (Phi) is 5.40. The highest BCUT2D eigenvalue weighted by molar-refractivity contribution is 5.58. The lowest BCUT2D eigenvalue weighted by Crippen LogP contribution is -2.42. The van der Waals surface area contributed by atoms with Gasteiger partial charge in [0.15, 0.2) is 0 Å². The molecule has 170 valence electrons. The molecule has 2 aromatic rings. The maximum Gasteiger partial charge on any atom is 0.104 e. The fourth-order valence-electron chi connectivity index (χ4n) is 5.79. The molecule has 0 spiro atoms. The van der Waals surface area contributed by atoms with Crippen LogP contribution in [-0.2, 0) is 4.74 Å². The van der Waals surface area contributed by atoms with Gasteiger partial charge in [-0.1, -0.05) is 30.3 Å².